The van der Waals surface area contributed by atoms with Gasteiger partial charge >= 0.3 is 0 Å². The van der Waals surface area contributed by atoms with E-state index in [9.17, 15) is 5.11 Å². The molecule has 1 aliphatic carbocycles. The van der Waals surface area contributed by atoms with Crippen LogP contribution in [0.4, 0.5) is 0 Å². The highest BCUT2D eigenvalue weighted by molar-refractivity contribution is 5.68. The van der Waals surface area contributed by atoms with Crippen LogP contribution in [0.15, 0.2) is 22.7 Å². The Bertz CT molecular complexity index is 582. The molecule has 1 aliphatic rings. The number of hydrogen-bond donors (Lipinski definition) is 1. The third kappa shape index (κ3) is 1.75. The Morgan fingerprint density at radius 1 is 1.33 bits per heavy atom. The summed E-state index contributed by atoms with van der Waals surface area (Å²) >= 11 is 0. The second-order valence-corrected chi connectivity index (χ2v) is 5.05. The van der Waals surface area contributed by atoms with Gasteiger partial charge in [0.15, 0.2) is 0 Å². The quantitative estimate of drug-likeness (QED) is 0.899. The normalized spacial score (nSPS) is 15.1. The summed E-state index contributed by atoms with van der Waals surface area (Å²) in [6.07, 6.45) is 2.29. The molecule has 1 heterocycles. The first kappa shape index (κ1) is 11.5. The largest absolute Gasteiger partial charge is 0.391 e. The molecule has 0 radical (unpaired) electrons. The molecule has 1 fully saturated rings. The molecule has 0 unspecified atom stereocenters. The summed E-state index contributed by atoms with van der Waals surface area (Å²) < 4.78 is 5.45. The summed E-state index contributed by atoms with van der Waals surface area (Å²) in [7, 11) is 0. The van der Waals surface area contributed by atoms with Crippen molar-refractivity contribution in [2.45, 2.75) is 39.2 Å². The van der Waals surface area contributed by atoms with E-state index in [4.69, 9.17) is 4.52 Å². The summed E-state index contributed by atoms with van der Waals surface area (Å²) in [5.74, 6) is 1.35. The number of aryl methyl sites for hydroxylation is 1. The first-order valence-corrected chi connectivity index (χ1v) is 6.38. The van der Waals surface area contributed by atoms with Crippen molar-refractivity contribution in [3.05, 3.63) is 40.6 Å². The number of aromatic nitrogens is 1. The average Bonchev–Trinajstić information content (AvgIpc) is 3.13. The highest BCUT2D eigenvalue weighted by atomic mass is 16.5. The number of aliphatic hydroxyl groups is 1. The predicted octanol–water partition coefficient (Wildman–Crippen LogP) is 3.33. The maximum Gasteiger partial charge on any atom is 0.145 e. The average molecular weight is 243 g/mol. The Morgan fingerprint density at radius 3 is 2.78 bits per heavy atom. The zero-order valence-corrected chi connectivity index (χ0v) is 10.7. The van der Waals surface area contributed by atoms with Crippen LogP contribution >= 0.6 is 0 Å². The molecule has 1 saturated carbocycles. The molecular weight excluding hydrogens is 226 g/mol. The van der Waals surface area contributed by atoms with E-state index in [1.54, 1.807) is 0 Å². The lowest BCUT2D eigenvalue weighted by Gasteiger charge is -2.07. The predicted molar refractivity (Wildman–Crippen MR) is 69.3 cm³/mol. The van der Waals surface area contributed by atoms with Crippen molar-refractivity contribution in [3.63, 3.8) is 0 Å². The van der Waals surface area contributed by atoms with Crippen LogP contribution in [0.2, 0.25) is 0 Å². The van der Waals surface area contributed by atoms with Crippen molar-refractivity contribution in [1.82, 2.24) is 5.16 Å². The summed E-state index contributed by atoms with van der Waals surface area (Å²) in [4.78, 5) is 0. The van der Waals surface area contributed by atoms with E-state index in [1.165, 1.54) is 11.1 Å². The monoisotopic (exact) mass is 243 g/mol. The minimum Gasteiger partial charge on any atom is -0.391 e. The fourth-order valence-electron chi connectivity index (χ4n) is 2.36. The second-order valence-electron chi connectivity index (χ2n) is 5.05. The third-order valence-electron chi connectivity index (χ3n) is 3.78. The van der Waals surface area contributed by atoms with Gasteiger partial charge in [-0.15, -0.1) is 0 Å². The van der Waals surface area contributed by atoms with Crippen LogP contribution < -0.4 is 0 Å². The molecule has 0 amide bonds. The van der Waals surface area contributed by atoms with Crippen LogP contribution in [0.25, 0.3) is 11.3 Å². The molecule has 1 aromatic heterocycles. The molecular formula is C15H17NO2. The Kier molecular flexibility index (Phi) is 2.71. The fraction of sp³-hybridized carbons (Fsp3) is 0.400. The summed E-state index contributed by atoms with van der Waals surface area (Å²) in [5.41, 5.74) is 5.16. The Morgan fingerprint density at radius 2 is 2.11 bits per heavy atom. The lowest BCUT2D eigenvalue weighted by molar-refractivity contribution is 0.277. The van der Waals surface area contributed by atoms with Crippen molar-refractivity contribution in [2.24, 2.45) is 0 Å². The van der Waals surface area contributed by atoms with Crippen molar-refractivity contribution in [3.8, 4) is 11.3 Å². The van der Waals surface area contributed by atoms with Gasteiger partial charge in [-0.2, -0.15) is 0 Å². The highest BCUT2D eigenvalue weighted by Gasteiger charge is 2.32. The van der Waals surface area contributed by atoms with Crippen molar-refractivity contribution in [1.29, 1.82) is 0 Å². The Labute approximate surface area is 106 Å². The molecule has 3 rings (SSSR count). The SMILES string of the molecule is Cc1cccc(-c2noc(C3CC3)c2CO)c1C. The zero-order chi connectivity index (χ0) is 12.7. The van der Waals surface area contributed by atoms with Crippen LogP contribution in [0, 0.1) is 13.8 Å². The zero-order valence-electron chi connectivity index (χ0n) is 10.7. The molecule has 18 heavy (non-hydrogen) atoms. The number of aliphatic hydroxyl groups excluding tert-OH is 1. The number of rotatable bonds is 3. The molecule has 2 aromatic rings. The minimum absolute atomic E-state index is 0.00194. The molecule has 0 spiro atoms. The maximum absolute atomic E-state index is 9.59. The summed E-state index contributed by atoms with van der Waals surface area (Å²) in [6, 6.07) is 6.14. The highest BCUT2D eigenvalue weighted by Crippen LogP contribution is 2.44. The van der Waals surface area contributed by atoms with E-state index in [2.05, 4.69) is 25.1 Å². The number of nitrogens with zero attached hydrogens (tertiary/aromatic N) is 1. The van der Waals surface area contributed by atoms with Gasteiger partial charge in [0.1, 0.15) is 11.5 Å². The molecule has 0 aliphatic heterocycles. The minimum atomic E-state index is -0.00194. The van der Waals surface area contributed by atoms with Gasteiger partial charge in [0.2, 0.25) is 0 Å². The molecule has 3 nitrogen and oxygen atoms in total. The van der Waals surface area contributed by atoms with Crippen molar-refractivity contribution >= 4 is 0 Å². The Balaban J connectivity index is 2.13. The first-order chi connectivity index (χ1) is 8.72. The van der Waals surface area contributed by atoms with E-state index in [0.29, 0.717) is 5.92 Å². The van der Waals surface area contributed by atoms with Gasteiger partial charge in [-0.25, -0.2) is 0 Å². The van der Waals surface area contributed by atoms with Gasteiger partial charge in [0, 0.05) is 17.0 Å². The second kappa shape index (κ2) is 4.25. The van der Waals surface area contributed by atoms with Gasteiger partial charge in [-0.05, 0) is 37.8 Å². The molecule has 1 N–H and O–H groups in total. The van der Waals surface area contributed by atoms with Crippen LogP contribution in [0.5, 0.6) is 0 Å². The fourth-order valence-corrected chi connectivity index (χ4v) is 2.36. The molecule has 0 atom stereocenters. The first-order valence-electron chi connectivity index (χ1n) is 6.38. The van der Waals surface area contributed by atoms with Crippen LogP contribution in [-0.2, 0) is 6.61 Å². The van der Waals surface area contributed by atoms with E-state index in [0.717, 1.165) is 35.4 Å². The lowest BCUT2D eigenvalue weighted by Crippen LogP contribution is -1.93. The molecule has 1 aromatic carbocycles. The van der Waals surface area contributed by atoms with Crippen molar-refractivity contribution < 1.29 is 9.63 Å². The van der Waals surface area contributed by atoms with Gasteiger partial charge < -0.3 is 9.63 Å². The molecule has 94 valence electrons. The Hall–Kier alpha value is -1.61. The molecule has 0 bridgehead atoms. The van der Waals surface area contributed by atoms with Crippen LogP contribution in [0.1, 0.15) is 41.2 Å². The standard InChI is InChI=1S/C15H17NO2/c1-9-4-3-5-12(10(9)2)14-13(8-17)15(18-16-14)11-6-7-11/h3-5,11,17H,6-8H2,1-2H3. The van der Waals surface area contributed by atoms with Gasteiger partial charge in [0.05, 0.1) is 6.61 Å². The van der Waals surface area contributed by atoms with E-state index >= 15 is 0 Å². The smallest absolute Gasteiger partial charge is 0.145 e. The van der Waals surface area contributed by atoms with Crippen molar-refractivity contribution in [2.75, 3.05) is 0 Å². The number of benzene rings is 1. The van der Waals surface area contributed by atoms with E-state index < -0.39 is 0 Å². The topological polar surface area (TPSA) is 46.3 Å². The maximum atomic E-state index is 9.59. The summed E-state index contributed by atoms with van der Waals surface area (Å²) in [6.45, 7) is 4.16. The third-order valence-corrected chi connectivity index (χ3v) is 3.78. The van der Waals surface area contributed by atoms with E-state index in [1.807, 2.05) is 12.1 Å². The van der Waals surface area contributed by atoms with E-state index in [-0.39, 0.29) is 6.61 Å². The number of hydrogen-bond acceptors (Lipinski definition) is 3. The van der Waals surface area contributed by atoms with Crippen LogP contribution in [-0.4, -0.2) is 10.3 Å². The molecule has 0 saturated heterocycles. The summed E-state index contributed by atoms with van der Waals surface area (Å²) in [5, 5.41) is 13.8. The lowest BCUT2D eigenvalue weighted by atomic mass is 9.97. The molecule has 3 heteroatoms. The van der Waals surface area contributed by atoms with Crippen LogP contribution in [0.3, 0.4) is 0 Å². The van der Waals surface area contributed by atoms with Gasteiger partial charge in [-0.1, -0.05) is 23.4 Å². The van der Waals surface area contributed by atoms with Gasteiger partial charge in [0.25, 0.3) is 0 Å². The van der Waals surface area contributed by atoms with Gasteiger partial charge in [-0.3, -0.25) is 0 Å².